The van der Waals surface area contributed by atoms with Gasteiger partial charge < -0.3 is 10.8 Å². The van der Waals surface area contributed by atoms with E-state index in [9.17, 15) is 5.11 Å². The maximum absolute atomic E-state index is 9.72. The van der Waals surface area contributed by atoms with E-state index in [1.54, 1.807) is 12.1 Å². The maximum atomic E-state index is 9.72. The molecule has 1 rings (SSSR count). The molecule has 0 aliphatic rings. The normalized spacial score (nSPS) is 9.17. The third-order valence-corrected chi connectivity index (χ3v) is 2.28. The second-order valence-corrected chi connectivity index (χ2v) is 3.66. The molecule has 0 heterocycles. The van der Waals surface area contributed by atoms with E-state index in [1.165, 1.54) is 0 Å². The summed E-state index contributed by atoms with van der Waals surface area (Å²) in [5, 5.41) is 9.72. The molecule has 18 heavy (non-hydrogen) atoms. The van der Waals surface area contributed by atoms with E-state index in [4.69, 9.17) is 5.73 Å². The summed E-state index contributed by atoms with van der Waals surface area (Å²) in [5.41, 5.74) is 7.00. The summed E-state index contributed by atoms with van der Waals surface area (Å²) in [6.45, 7) is 9.58. The van der Waals surface area contributed by atoms with Crippen LogP contribution in [0, 0.1) is 0 Å². The smallest absolute Gasteiger partial charge is 0.122 e. The van der Waals surface area contributed by atoms with Gasteiger partial charge in [0.1, 0.15) is 5.75 Å². The van der Waals surface area contributed by atoms with E-state index >= 15 is 0 Å². The van der Waals surface area contributed by atoms with Crippen LogP contribution in [0.15, 0.2) is 43.5 Å². The summed E-state index contributed by atoms with van der Waals surface area (Å²) in [4.78, 5) is 2.12. The van der Waals surface area contributed by atoms with Gasteiger partial charge in [-0.15, -0.1) is 38.0 Å². The number of nitrogen functional groups attached to an aromatic ring is 1. The third-order valence-electron chi connectivity index (χ3n) is 2.28. The van der Waals surface area contributed by atoms with Gasteiger partial charge in [-0.25, -0.2) is 0 Å². The third kappa shape index (κ3) is 5.96. The SMILES string of the molecule is C=CCN(CC=C)Cc1ccc(N)cc1O.Cl.Cl. The van der Waals surface area contributed by atoms with E-state index in [1.807, 2.05) is 18.2 Å². The highest BCUT2D eigenvalue weighted by Gasteiger charge is 2.06. The summed E-state index contributed by atoms with van der Waals surface area (Å²) in [6.07, 6.45) is 3.66. The lowest BCUT2D eigenvalue weighted by Crippen LogP contribution is -2.23. The van der Waals surface area contributed by atoms with Crippen LogP contribution in [0.5, 0.6) is 5.75 Å². The summed E-state index contributed by atoms with van der Waals surface area (Å²) >= 11 is 0. The Balaban J connectivity index is 0. The monoisotopic (exact) mass is 290 g/mol. The number of phenolic OH excluding ortho intramolecular Hbond substituents is 1. The molecule has 0 aromatic heterocycles. The van der Waals surface area contributed by atoms with Crippen molar-refractivity contribution in [2.45, 2.75) is 6.54 Å². The van der Waals surface area contributed by atoms with Gasteiger partial charge in [0.25, 0.3) is 0 Å². The number of phenols is 1. The Morgan fingerprint density at radius 3 is 2.17 bits per heavy atom. The number of anilines is 1. The first-order valence-corrected chi connectivity index (χ1v) is 5.19. The standard InChI is InChI=1S/C13H18N2O.2ClH/c1-3-7-15(8-4-2)10-11-5-6-12(14)9-13(11)16;;/h3-6,9,16H,1-2,7-8,10,14H2;2*1H. The van der Waals surface area contributed by atoms with Crippen LogP contribution >= 0.6 is 24.8 Å². The molecular formula is C13H20Cl2N2O. The first kappa shape index (κ1) is 19.2. The van der Waals surface area contributed by atoms with Crippen molar-refractivity contribution >= 4 is 30.5 Å². The molecule has 1 aromatic rings. The maximum Gasteiger partial charge on any atom is 0.122 e. The van der Waals surface area contributed by atoms with E-state index in [-0.39, 0.29) is 30.6 Å². The first-order valence-electron chi connectivity index (χ1n) is 5.19. The van der Waals surface area contributed by atoms with Crippen LogP contribution in [0.1, 0.15) is 5.56 Å². The summed E-state index contributed by atoms with van der Waals surface area (Å²) in [7, 11) is 0. The second kappa shape index (κ2) is 9.83. The molecule has 3 nitrogen and oxygen atoms in total. The van der Waals surface area contributed by atoms with Crippen molar-refractivity contribution in [2.75, 3.05) is 18.8 Å². The molecule has 5 heteroatoms. The highest BCUT2D eigenvalue weighted by atomic mass is 35.5. The predicted molar refractivity (Wildman–Crippen MR) is 82.7 cm³/mol. The summed E-state index contributed by atoms with van der Waals surface area (Å²) < 4.78 is 0. The van der Waals surface area contributed by atoms with E-state index in [0.29, 0.717) is 12.2 Å². The van der Waals surface area contributed by atoms with E-state index < -0.39 is 0 Å². The molecular weight excluding hydrogens is 271 g/mol. The van der Waals surface area contributed by atoms with Crippen LogP contribution in [0.4, 0.5) is 5.69 Å². The highest BCUT2D eigenvalue weighted by molar-refractivity contribution is 5.85. The Kier molecular flexibility index (Phi) is 10.5. The lowest BCUT2D eigenvalue weighted by Gasteiger charge is -2.19. The number of rotatable bonds is 6. The molecule has 0 fully saturated rings. The van der Waals surface area contributed by atoms with Crippen LogP contribution in [0.2, 0.25) is 0 Å². The van der Waals surface area contributed by atoms with Gasteiger partial charge in [-0.2, -0.15) is 0 Å². The number of hydrogen-bond acceptors (Lipinski definition) is 3. The van der Waals surface area contributed by atoms with Crippen LogP contribution < -0.4 is 5.73 Å². The van der Waals surface area contributed by atoms with Gasteiger partial charge in [0.15, 0.2) is 0 Å². The van der Waals surface area contributed by atoms with Crippen LogP contribution in [0.25, 0.3) is 0 Å². The van der Waals surface area contributed by atoms with Crippen molar-refractivity contribution < 1.29 is 5.11 Å². The number of nitrogens with zero attached hydrogens (tertiary/aromatic N) is 1. The molecule has 0 bridgehead atoms. The highest BCUT2D eigenvalue weighted by Crippen LogP contribution is 2.21. The molecule has 0 saturated heterocycles. The molecule has 0 unspecified atom stereocenters. The minimum Gasteiger partial charge on any atom is -0.508 e. The number of benzene rings is 1. The van der Waals surface area contributed by atoms with Crippen molar-refractivity contribution in [3.8, 4) is 5.75 Å². The molecule has 1 aromatic carbocycles. The zero-order valence-corrected chi connectivity index (χ0v) is 11.8. The minimum absolute atomic E-state index is 0. The lowest BCUT2D eigenvalue weighted by molar-refractivity contribution is 0.321. The van der Waals surface area contributed by atoms with Gasteiger partial charge in [0.2, 0.25) is 0 Å². The minimum atomic E-state index is 0. The van der Waals surface area contributed by atoms with Crippen LogP contribution in [0.3, 0.4) is 0 Å². The first-order chi connectivity index (χ1) is 7.67. The fraction of sp³-hybridized carbons (Fsp3) is 0.231. The van der Waals surface area contributed by atoms with Gasteiger partial charge in [-0.05, 0) is 6.07 Å². The molecule has 0 aliphatic carbocycles. The van der Waals surface area contributed by atoms with Gasteiger partial charge in [-0.1, -0.05) is 18.2 Å². The van der Waals surface area contributed by atoms with Crippen molar-refractivity contribution in [1.29, 1.82) is 0 Å². The molecule has 0 radical (unpaired) electrons. The molecule has 0 amide bonds. The zero-order chi connectivity index (χ0) is 12.0. The van der Waals surface area contributed by atoms with E-state index in [0.717, 1.165) is 18.7 Å². The number of hydrogen-bond donors (Lipinski definition) is 2. The zero-order valence-electron chi connectivity index (χ0n) is 10.2. The van der Waals surface area contributed by atoms with Gasteiger partial charge >= 0.3 is 0 Å². The number of aromatic hydroxyl groups is 1. The second-order valence-electron chi connectivity index (χ2n) is 3.66. The Hall–Kier alpha value is -1.16. The van der Waals surface area contributed by atoms with Crippen molar-refractivity contribution in [3.63, 3.8) is 0 Å². The molecule has 0 atom stereocenters. The van der Waals surface area contributed by atoms with Crippen molar-refractivity contribution in [2.24, 2.45) is 0 Å². The molecule has 0 saturated carbocycles. The molecule has 0 aliphatic heterocycles. The summed E-state index contributed by atoms with van der Waals surface area (Å²) in [6, 6.07) is 5.19. The van der Waals surface area contributed by atoms with Gasteiger partial charge in [0, 0.05) is 37.0 Å². The molecule has 102 valence electrons. The van der Waals surface area contributed by atoms with Crippen LogP contribution in [-0.2, 0) is 6.54 Å². The fourth-order valence-electron chi connectivity index (χ4n) is 1.52. The average molecular weight is 291 g/mol. The summed E-state index contributed by atoms with van der Waals surface area (Å²) in [5.74, 6) is 0.234. The van der Waals surface area contributed by atoms with Crippen LogP contribution in [-0.4, -0.2) is 23.1 Å². The topological polar surface area (TPSA) is 49.5 Å². The lowest BCUT2D eigenvalue weighted by atomic mass is 10.1. The van der Waals surface area contributed by atoms with Crippen molar-refractivity contribution in [3.05, 3.63) is 49.1 Å². The fourth-order valence-corrected chi connectivity index (χ4v) is 1.52. The molecule has 0 spiro atoms. The Labute approximate surface area is 121 Å². The predicted octanol–water partition coefficient (Wildman–Crippen LogP) is 2.99. The largest absolute Gasteiger partial charge is 0.508 e. The number of halogens is 2. The number of nitrogens with two attached hydrogens (primary N) is 1. The quantitative estimate of drug-likeness (QED) is 0.626. The van der Waals surface area contributed by atoms with E-state index in [2.05, 4.69) is 18.1 Å². The van der Waals surface area contributed by atoms with Gasteiger partial charge in [-0.3, -0.25) is 4.90 Å². The molecule has 3 N–H and O–H groups in total. The Bertz CT molecular complexity index is 373. The van der Waals surface area contributed by atoms with Gasteiger partial charge in [0.05, 0.1) is 0 Å². The Morgan fingerprint density at radius 1 is 1.17 bits per heavy atom. The van der Waals surface area contributed by atoms with Crippen molar-refractivity contribution in [1.82, 2.24) is 4.90 Å². The average Bonchev–Trinajstić information content (AvgIpc) is 2.23. The Morgan fingerprint density at radius 2 is 1.72 bits per heavy atom.